The summed E-state index contributed by atoms with van der Waals surface area (Å²) in [5.41, 5.74) is 0. The van der Waals surface area contributed by atoms with Gasteiger partial charge >= 0.3 is 6.01 Å². The first-order chi connectivity index (χ1) is 8.77. The van der Waals surface area contributed by atoms with E-state index in [1.165, 1.54) is 18.2 Å². The Labute approximate surface area is 126 Å². The van der Waals surface area contributed by atoms with Crippen LogP contribution in [0.1, 0.15) is 0 Å². The average molecular weight is 342 g/mol. The second-order valence-electron chi connectivity index (χ2n) is 4.92. The van der Waals surface area contributed by atoms with Gasteiger partial charge in [-0.25, -0.2) is 9.07 Å². The van der Waals surface area contributed by atoms with E-state index in [0.717, 1.165) is 0 Å². The number of aromatic nitrogens is 3. The second kappa shape index (κ2) is 5.21. The Morgan fingerprint density at radius 3 is 2.63 bits per heavy atom. The number of hydrogen-bond donors (Lipinski definition) is 0. The average Bonchev–Trinajstić information content (AvgIpc) is 2.65. The molecule has 0 radical (unpaired) electrons. The predicted molar refractivity (Wildman–Crippen MR) is 82.8 cm³/mol. The molecule has 0 atom stereocenters. The fourth-order valence-corrected chi connectivity index (χ4v) is 1.90. The van der Waals surface area contributed by atoms with Gasteiger partial charge in [0.2, 0.25) is 4.73 Å². The van der Waals surface area contributed by atoms with Crippen LogP contribution in [0.4, 0.5) is 4.39 Å². The van der Waals surface area contributed by atoms with E-state index in [1.54, 1.807) is 4.68 Å². The van der Waals surface area contributed by atoms with Crippen molar-refractivity contribution in [2.45, 2.75) is 5.24 Å². The van der Waals surface area contributed by atoms with Crippen molar-refractivity contribution in [1.29, 1.82) is 0 Å². The molecule has 0 saturated carbocycles. The molecule has 0 N–H and O–H groups in total. The van der Waals surface area contributed by atoms with E-state index in [2.05, 4.69) is 26.0 Å². The monoisotopic (exact) mass is 341 g/mol. The lowest BCUT2D eigenvalue weighted by Crippen LogP contribution is -2.36. The van der Waals surface area contributed by atoms with Gasteiger partial charge in [-0.05, 0) is 33.3 Å². The van der Waals surface area contributed by atoms with Crippen LogP contribution in [0.5, 0.6) is 11.8 Å². The zero-order valence-electron chi connectivity index (χ0n) is 10.6. The molecule has 19 heavy (non-hydrogen) atoms. The summed E-state index contributed by atoms with van der Waals surface area (Å²) in [7, 11) is 5.91. The van der Waals surface area contributed by atoms with Crippen LogP contribution in [0, 0.1) is 5.82 Å². The Bertz CT molecular complexity index is 619. The maximum absolute atomic E-state index is 13.1. The largest absolute Gasteiger partial charge is 0.424 e. The Hall–Kier alpha value is -0.945. The van der Waals surface area contributed by atoms with Gasteiger partial charge in [0.05, 0.1) is 5.02 Å². The highest BCUT2D eigenvalue weighted by Crippen LogP contribution is 2.27. The van der Waals surface area contributed by atoms with E-state index < -0.39 is 5.82 Å². The third-order valence-corrected chi connectivity index (χ3v) is 2.91. The molecule has 2 rings (SSSR count). The van der Waals surface area contributed by atoms with Crippen LogP contribution in [0.2, 0.25) is 5.02 Å². The quantitative estimate of drug-likeness (QED) is 0.743. The summed E-state index contributed by atoms with van der Waals surface area (Å²) in [4.78, 5) is 4.13. The lowest BCUT2D eigenvalue weighted by Gasteiger charge is -2.20. The number of rotatable bonds is 3. The van der Waals surface area contributed by atoms with Crippen LogP contribution in [0.25, 0.3) is 0 Å². The maximum Gasteiger partial charge on any atom is 0.319 e. The number of hydrogen-bond acceptors (Lipinski definition) is 3. The SMILES string of the molecule is BC(B)(B)n1nc(Br)nc1Oc1ccc(F)c(Cl)c1. The van der Waals surface area contributed by atoms with Crippen molar-refractivity contribution < 1.29 is 9.13 Å². The third kappa shape index (κ3) is 3.33. The molecule has 10 heteroatoms. The maximum atomic E-state index is 13.1. The molecule has 2 aromatic rings. The summed E-state index contributed by atoms with van der Waals surface area (Å²) >= 11 is 8.91. The van der Waals surface area contributed by atoms with Crippen LogP contribution < -0.4 is 4.74 Å². The molecule has 1 heterocycles. The second-order valence-corrected chi connectivity index (χ2v) is 6.04. The third-order valence-electron chi connectivity index (χ3n) is 2.29. The summed E-state index contributed by atoms with van der Waals surface area (Å²) in [6.45, 7) is 0. The summed E-state index contributed by atoms with van der Waals surface area (Å²) in [5.74, 6) is -0.0933. The van der Waals surface area contributed by atoms with Crippen molar-refractivity contribution in [2.75, 3.05) is 0 Å². The van der Waals surface area contributed by atoms with Crippen LogP contribution in [-0.4, -0.2) is 38.3 Å². The van der Waals surface area contributed by atoms with E-state index in [9.17, 15) is 4.39 Å². The van der Waals surface area contributed by atoms with Gasteiger partial charge in [-0.3, -0.25) is 0 Å². The molecule has 0 aliphatic rings. The molecule has 1 aromatic heterocycles. The predicted octanol–water partition coefficient (Wildman–Crippen LogP) is 0.0925. The zero-order valence-corrected chi connectivity index (χ0v) is 13.0. The number of halogens is 3. The molecule has 0 spiro atoms. The van der Waals surface area contributed by atoms with E-state index >= 15 is 0 Å². The first-order valence-corrected chi connectivity index (χ1v) is 6.70. The van der Waals surface area contributed by atoms with Crippen molar-refractivity contribution >= 4 is 51.1 Å². The molecular weight excluding hydrogens is 333 g/mol. The Morgan fingerprint density at radius 1 is 1.37 bits per heavy atom. The molecule has 0 aliphatic carbocycles. The van der Waals surface area contributed by atoms with Gasteiger partial charge in [0, 0.05) is 6.07 Å². The standard InChI is InChI=1S/C9H9B3BrClFN3O/c10-9(11,12)18-8(16-7(13)17-18)19-4-1-2-6(15)5(14)3-4/h1-3H,10-12H2. The summed E-state index contributed by atoms with van der Waals surface area (Å²) < 4.78 is 20.7. The zero-order chi connectivity index (χ0) is 14.2. The highest BCUT2D eigenvalue weighted by atomic mass is 79.9. The van der Waals surface area contributed by atoms with Crippen LogP contribution in [-0.2, 0) is 5.24 Å². The fourth-order valence-electron chi connectivity index (χ4n) is 1.42. The smallest absolute Gasteiger partial charge is 0.319 e. The molecule has 0 saturated heterocycles. The van der Waals surface area contributed by atoms with Gasteiger partial charge in [-0.15, -0.1) is 5.10 Å². The molecule has 0 bridgehead atoms. The van der Waals surface area contributed by atoms with Gasteiger partial charge in [0.15, 0.2) is 0 Å². The van der Waals surface area contributed by atoms with Crippen molar-refractivity contribution in [3.05, 3.63) is 33.8 Å². The molecular formula is C9H9B3BrClFN3O. The van der Waals surface area contributed by atoms with Gasteiger partial charge in [-0.2, -0.15) is 4.98 Å². The number of ether oxygens (including phenoxy) is 1. The lowest BCUT2D eigenvalue weighted by molar-refractivity contribution is 0.401. The minimum atomic E-state index is -0.493. The van der Waals surface area contributed by atoms with Gasteiger partial charge < -0.3 is 4.74 Å². The highest BCUT2D eigenvalue weighted by molar-refractivity contribution is 9.10. The first-order valence-electron chi connectivity index (χ1n) is 5.53. The van der Waals surface area contributed by atoms with Gasteiger partial charge in [-0.1, -0.05) is 11.6 Å². The summed E-state index contributed by atoms with van der Waals surface area (Å²) in [6.07, 6.45) is 0. The topological polar surface area (TPSA) is 39.9 Å². The van der Waals surface area contributed by atoms with E-state index in [0.29, 0.717) is 16.5 Å². The summed E-state index contributed by atoms with van der Waals surface area (Å²) in [5, 5.41) is 3.91. The van der Waals surface area contributed by atoms with Gasteiger partial charge in [0.1, 0.15) is 35.1 Å². The van der Waals surface area contributed by atoms with Crippen LogP contribution in [0.3, 0.4) is 0 Å². The normalized spacial score (nSPS) is 11.5. The van der Waals surface area contributed by atoms with Crippen molar-refractivity contribution in [3.63, 3.8) is 0 Å². The number of benzene rings is 1. The lowest BCUT2D eigenvalue weighted by atomic mass is 9.49. The molecule has 0 unspecified atom stereocenters. The summed E-state index contributed by atoms with van der Waals surface area (Å²) in [6, 6.07) is 4.43. The molecule has 0 fully saturated rings. The highest BCUT2D eigenvalue weighted by Gasteiger charge is 2.22. The number of nitrogens with zero attached hydrogens (tertiary/aromatic N) is 3. The van der Waals surface area contributed by atoms with E-state index in [-0.39, 0.29) is 10.3 Å². The molecule has 96 valence electrons. The Kier molecular flexibility index (Phi) is 3.96. The minimum Gasteiger partial charge on any atom is -0.424 e. The molecule has 4 nitrogen and oxygen atoms in total. The Balaban J connectivity index is 2.35. The van der Waals surface area contributed by atoms with Crippen LogP contribution in [0.15, 0.2) is 22.9 Å². The first kappa shape index (κ1) is 14.5. The minimum absolute atomic E-state index is 0.00149. The molecule has 0 amide bonds. The molecule has 0 aliphatic heterocycles. The van der Waals surface area contributed by atoms with Gasteiger partial charge in [0.25, 0.3) is 0 Å². The van der Waals surface area contributed by atoms with Crippen molar-refractivity contribution in [1.82, 2.24) is 14.8 Å². The molecule has 1 aromatic carbocycles. The van der Waals surface area contributed by atoms with E-state index in [1.807, 2.05) is 23.5 Å². The Morgan fingerprint density at radius 2 is 2.05 bits per heavy atom. The van der Waals surface area contributed by atoms with Crippen LogP contribution >= 0.6 is 27.5 Å². The fraction of sp³-hybridized carbons (Fsp3) is 0.111. The van der Waals surface area contributed by atoms with Crippen molar-refractivity contribution in [2.24, 2.45) is 0 Å². The van der Waals surface area contributed by atoms with Crippen molar-refractivity contribution in [3.8, 4) is 11.8 Å². The van der Waals surface area contributed by atoms with E-state index in [4.69, 9.17) is 16.3 Å².